The van der Waals surface area contributed by atoms with E-state index in [0.717, 1.165) is 5.56 Å². The van der Waals surface area contributed by atoms with Crippen molar-refractivity contribution in [1.82, 2.24) is 9.55 Å². The fraction of sp³-hybridized carbons (Fsp3) is 0.0833. The van der Waals surface area contributed by atoms with E-state index in [-0.39, 0.29) is 11.4 Å². The molecule has 0 spiro atoms. The molecule has 0 amide bonds. The molecule has 1 aromatic heterocycles. The smallest absolute Gasteiger partial charge is 0.198 e. The maximum atomic E-state index is 7.87. The molecular weight excluding hydrogens is 264 g/mol. The molecule has 0 aliphatic carbocycles. The SMILES string of the molecule is N=C(N)n1ccnc(NCc2ccc(Cl)cc2)c1=N. The van der Waals surface area contributed by atoms with E-state index in [4.69, 9.17) is 28.2 Å². The van der Waals surface area contributed by atoms with Crippen LogP contribution in [-0.4, -0.2) is 15.5 Å². The molecule has 0 saturated carbocycles. The van der Waals surface area contributed by atoms with Crippen LogP contribution in [0.3, 0.4) is 0 Å². The maximum absolute atomic E-state index is 7.87. The number of hydrogen-bond acceptors (Lipinski definition) is 4. The van der Waals surface area contributed by atoms with Gasteiger partial charge in [-0.15, -0.1) is 0 Å². The van der Waals surface area contributed by atoms with E-state index in [1.165, 1.54) is 17.0 Å². The molecule has 6 nitrogen and oxygen atoms in total. The summed E-state index contributed by atoms with van der Waals surface area (Å²) in [5.41, 5.74) is 6.43. The Bertz CT molecular complexity index is 646. The minimum absolute atomic E-state index is 0.0453. The van der Waals surface area contributed by atoms with Gasteiger partial charge in [0.1, 0.15) is 0 Å². The zero-order chi connectivity index (χ0) is 13.8. The summed E-state index contributed by atoms with van der Waals surface area (Å²) in [7, 11) is 0. The molecule has 7 heteroatoms. The molecule has 0 aliphatic heterocycles. The second-order valence-corrected chi connectivity index (χ2v) is 4.30. The second-order valence-electron chi connectivity index (χ2n) is 3.86. The predicted molar refractivity (Wildman–Crippen MR) is 74.2 cm³/mol. The zero-order valence-electron chi connectivity index (χ0n) is 10.0. The minimum atomic E-state index is -0.220. The third-order valence-corrected chi connectivity index (χ3v) is 2.77. The van der Waals surface area contributed by atoms with Gasteiger partial charge in [0.25, 0.3) is 0 Å². The first-order chi connectivity index (χ1) is 9.08. The number of rotatable bonds is 3. The van der Waals surface area contributed by atoms with E-state index in [2.05, 4.69) is 10.3 Å². The van der Waals surface area contributed by atoms with E-state index < -0.39 is 0 Å². The Balaban J connectivity index is 2.16. The first kappa shape index (κ1) is 13.1. The number of nitrogen functional groups attached to an aromatic ring is 1. The van der Waals surface area contributed by atoms with Crippen molar-refractivity contribution in [2.24, 2.45) is 5.73 Å². The quantitative estimate of drug-likeness (QED) is 0.503. The molecule has 1 heterocycles. The van der Waals surface area contributed by atoms with Crippen molar-refractivity contribution < 1.29 is 0 Å². The van der Waals surface area contributed by atoms with Gasteiger partial charge in [-0.3, -0.25) is 15.4 Å². The van der Waals surface area contributed by atoms with Crippen LogP contribution in [0.25, 0.3) is 0 Å². The summed E-state index contributed by atoms with van der Waals surface area (Å²) in [6, 6.07) is 7.38. The Morgan fingerprint density at radius 3 is 2.68 bits per heavy atom. The molecule has 2 rings (SSSR count). The highest BCUT2D eigenvalue weighted by Gasteiger charge is 2.03. The molecule has 19 heavy (non-hydrogen) atoms. The highest BCUT2D eigenvalue weighted by Crippen LogP contribution is 2.10. The first-order valence-corrected chi connectivity index (χ1v) is 5.90. The highest BCUT2D eigenvalue weighted by atomic mass is 35.5. The van der Waals surface area contributed by atoms with Gasteiger partial charge in [0.15, 0.2) is 17.3 Å². The summed E-state index contributed by atoms with van der Waals surface area (Å²) in [4.78, 5) is 4.06. The molecule has 0 bridgehead atoms. The Hall–Kier alpha value is -2.34. The zero-order valence-corrected chi connectivity index (χ0v) is 10.8. The van der Waals surface area contributed by atoms with Crippen LogP contribution in [0.15, 0.2) is 36.7 Å². The fourth-order valence-electron chi connectivity index (χ4n) is 1.54. The number of aromatic nitrogens is 2. The number of hydrogen-bond donors (Lipinski definition) is 4. The van der Waals surface area contributed by atoms with E-state index in [0.29, 0.717) is 17.4 Å². The molecule has 98 valence electrons. The highest BCUT2D eigenvalue weighted by molar-refractivity contribution is 6.30. The van der Waals surface area contributed by atoms with Crippen molar-refractivity contribution >= 4 is 23.4 Å². The summed E-state index contributed by atoms with van der Waals surface area (Å²) < 4.78 is 1.23. The maximum Gasteiger partial charge on any atom is 0.198 e. The summed E-state index contributed by atoms with van der Waals surface area (Å²) in [5, 5.41) is 18.9. The molecular formula is C12H13ClN6. The van der Waals surface area contributed by atoms with Crippen molar-refractivity contribution in [2.45, 2.75) is 6.54 Å². The van der Waals surface area contributed by atoms with Crippen LogP contribution in [0, 0.1) is 10.8 Å². The number of nitrogens with zero attached hydrogens (tertiary/aromatic N) is 2. The van der Waals surface area contributed by atoms with Gasteiger partial charge in [0.2, 0.25) is 0 Å². The Labute approximate surface area is 114 Å². The van der Waals surface area contributed by atoms with Crippen molar-refractivity contribution in [3.05, 3.63) is 52.7 Å². The molecule has 2 aromatic rings. The summed E-state index contributed by atoms with van der Waals surface area (Å²) in [6.07, 6.45) is 2.96. The number of anilines is 1. The van der Waals surface area contributed by atoms with E-state index in [1.54, 1.807) is 12.1 Å². The Morgan fingerprint density at radius 1 is 1.37 bits per heavy atom. The molecule has 0 atom stereocenters. The monoisotopic (exact) mass is 276 g/mol. The largest absolute Gasteiger partial charge is 0.369 e. The molecule has 0 fully saturated rings. The lowest BCUT2D eigenvalue weighted by molar-refractivity contribution is 0.912. The van der Waals surface area contributed by atoms with Crippen LogP contribution in [-0.2, 0) is 6.54 Å². The lowest BCUT2D eigenvalue weighted by Gasteiger charge is -2.09. The van der Waals surface area contributed by atoms with Crippen LogP contribution in [0.1, 0.15) is 5.56 Å². The molecule has 1 aromatic carbocycles. The number of benzene rings is 1. The Kier molecular flexibility index (Phi) is 3.82. The van der Waals surface area contributed by atoms with Crippen molar-refractivity contribution in [1.29, 1.82) is 10.8 Å². The topological polar surface area (TPSA) is 104 Å². The van der Waals surface area contributed by atoms with Crippen molar-refractivity contribution in [3.8, 4) is 0 Å². The second kappa shape index (κ2) is 5.53. The van der Waals surface area contributed by atoms with Crippen LogP contribution >= 0.6 is 11.6 Å². The molecule has 0 aliphatic rings. The molecule has 0 saturated heterocycles. The van der Waals surface area contributed by atoms with Crippen LogP contribution in [0.2, 0.25) is 5.02 Å². The molecule has 5 N–H and O–H groups in total. The van der Waals surface area contributed by atoms with Gasteiger partial charge >= 0.3 is 0 Å². The van der Waals surface area contributed by atoms with Gasteiger partial charge in [0, 0.05) is 24.0 Å². The third-order valence-electron chi connectivity index (χ3n) is 2.52. The summed E-state index contributed by atoms with van der Waals surface area (Å²) in [6.45, 7) is 0.512. The molecule has 0 radical (unpaired) electrons. The number of halogens is 1. The van der Waals surface area contributed by atoms with Gasteiger partial charge in [-0.05, 0) is 17.7 Å². The fourth-order valence-corrected chi connectivity index (χ4v) is 1.67. The van der Waals surface area contributed by atoms with Crippen LogP contribution in [0.5, 0.6) is 0 Å². The normalized spacial score (nSPS) is 10.2. The molecule has 0 unspecified atom stereocenters. The first-order valence-electron chi connectivity index (χ1n) is 5.53. The predicted octanol–water partition coefficient (Wildman–Crippen LogP) is 1.37. The minimum Gasteiger partial charge on any atom is -0.369 e. The Morgan fingerprint density at radius 2 is 2.05 bits per heavy atom. The van der Waals surface area contributed by atoms with Crippen molar-refractivity contribution in [2.75, 3.05) is 5.32 Å². The van der Waals surface area contributed by atoms with Gasteiger partial charge in [-0.2, -0.15) is 0 Å². The van der Waals surface area contributed by atoms with E-state index >= 15 is 0 Å². The third kappa shape index (κ3) is 3.11. The van der Waals surface area contributed by atoms with E-state index in [9.17, 15) is 0 Å². The van der Waals surface area contributed by atoms with E-state index in [1.807, 2.05) is 12.1 Å². The lowest BCUT2D eigenvalue weighted by atomic mass is 10.2. The van der Waals surface area contributed by atoms with Gasteiger partial charge in [-0.25, -0.2) is 4.98 Å². The standard InChI is InChI=1S/C12H13ClN6/c13-9-3-1-8(2-4-9)7-18-11-10(14)19(12(15)16)6-5-17-11/h1-6,14H,7H2,(H3,15,16)(H,17,18). The van der Waals surface area contributed by atoms with Gasteiger partial charge < -0.3 is 11.1 Å². The van der Waals surface area contributed by atoms with Gasteiger partial charge in [-0.1, -0.05) is 23.7 Å². The summed E-state index contributed by atoms with van der Waals surface area (Å²) in [5.74, 6) is 0.148. The van der Waals surface area contributed by atoms with Crippen LogP contribution < -0.4 is 16.5 Å². The van der Waals surface area contributed by atoms with Crippen molar-refractivity contribution in [3.63, 3.8) is 0 Å². The van der Waals surface area contributed by atoms with Gasteiger partial charge in [0.05, 0.1) is 0 Å². The summed E-state index contributed by atoms with van der Waals surface area (Å²) >= 11 is 5.81. The average molecular weight is 277 g/mol. The van der Waals surface area contributed by atoms with Crippen LogP contribution in [0.4, 0.5) is 5.82 Å². The average Bonchev–Trinajstić information content (AvgIpc) is 2.39. The number of nitrogens with two attached hydrogens (primary N) is 1. The number of nitrogens with one attached hydrogen (secondary N) is 3. The lowest BCUT2D eigenvalue weighted by Crippen LogP contribution is -2.33.